The van der Waals surface area contributed by atoms with E-state index in [-0.39, 0.29) is 24.4 Å². The number of alkyl carbamates (subject to hydrolysis) is 1. The first kappa shape index (κ1) is 30.5. The summed E-state index contributed by atoms with van der Waals surface area (Å²) in [5.41, 5.74) is 1.81. The molecule has 4 atom stereocenters. The number of hydrogen-bond donors (Lipinski definition) is 2. The minimum Gasteiger partial charge on any atom is -0.468 e. The fourth-order valence-corrected chi connectivity index (χ4v) is 4.58. The Hall–Kier alpha value is -2.75. The van der Waals surface area contributed by atoms with Gasteiger partial charge >= 0.3 is 12.1 Å². The Morgan fingerprint density at radius 3 is 2.38 bits per heavy atom. The third kappa shape index (κ3) is 8.66. The van der Waals surface area contributed by atoms with Gasteiger partial charge in [-0.25, -0.2) is 4.79 Å². The van der Waals surface area contributed by atoms with Gasteiger partial charge in [0.05, 0.1) is 7.11 Å². The second kappa shape index (κ2) is 13.2. The Bertz CT molecular complexity index is 993. The van der Waals surface area contributed by atoms with E-state index in [0.717, 1.165) is 17.5 Å². The van der Waals surface area contributed by atoms with Gasteiger partial charge < -0.3 is 25.0 Å². The topological polar surface area (TPSA) is 114 Å². The zero-order valence-corrected chi connectivity index (χ0v) is 24.0. The molecule has 1 fully saturated rings. The van der Waals surface area contributed by atoms with E-state index in [1.807, 2.05) is 45.2 Å². The van der Waals surface area contributed by atoms with Gasteiger partial charge in [-0.3, -0.25) is 14.4 Å². The van der Waals surface area contributed by atoms with E-state index in [1.54, 1.807) is 37.4 Å². The van der Waals surface area contributed by atoms with Crippen molar-refractivity contribution in [3.05, 3.63) is 34.9 Å². The predicted molar refractivity (Wildman–Crippen MR) is 144 cm³/mol. The van der Waals surface area contributed by atoms with E-state index in [1.165, 1.54) is 7.11 Å². The Balaban J connectivity index is 2.51. The zero-order chi connectivity index (χ0) is 27.9. The summed E-state index contributed by atoms with van der Waals surface area (Å²) in [5.74, 6) is -0.605. The fraction of sp³-hybridized carbons (Fsp3) is 0.630. The molecule has 37 heavy (non-hydrogen) atoms. The van der Waals surface area contributed by atoms with Crippen LogP contribution in [0.15, 0.2) is 18.2 Å². The van der Waals surface area contributed by atoms with E-state index in [0.29, 0.717) is 17.7 Å². The number of nitrogens with zero attached hydrogens (tertiary/aromatic N) is 1. The number of thioether (sulfide) groups is 1. The molecule has 1 aliphatic carbocycles. The number of esters is 1. The molecule has 10 heteroatoms. The number of amides is 3. The van der Waals surface area contributed by atoms with Crippen molar-refractivity contribution in [2.45, 2.75) is 78.1 Å². The van der Waals surface area contributed by atoms with E-state index in [9.17, 15) is 19.2 Å². The molecule has 2 N–H and O–H groups in total. The molecule has 0 aliphatic heterocycles. The summed E-state index contributed by atoms with van der Waals surface area (Å²) in [6.07, 6.45) is 2.35. The number of carbonyl (C=O) groups is 4. The van der Waals surface area contributed by atoms with E-state index < -0.39 is 35.7 Å². The van der Waals surface area contributed by atoms with Crippen molar-refractivity contribution in [3.8, 4) is 0 Å². The predicted octanol–water partition coefficient (Wildman–Crippen LogP) is 3.52. The van der Waals surface area contributed by atoms with E-state index >= 15 is 0 Å². The molecular weight excluding hydrogens is 494 g/mol. The van der Waals surface area contributed by atoms with E-state index in [4.69, 9.17) is 4.74 Å². The molecule has 0 bridgehead atoms. The van der Waals surface area contributed by atoms with Gasteiger partial charge in [-0.05, 0) is 82.1 Å². The maximum atomic E-state index is 14.2. The van der Waals surface area contributed by atoms with Crippen LogP contribution in [-0.2, 0) is 23.9 Å². The molecule has 0 saturated heterocycles. The molecule has 0 radical (unpaired) electrons. The molecule has 206 valence electrons. The van der Waals surface area contributed by atoms with Crippen molar-refractivity contribution < 1.29 is 28.7 Å². The Morgan fingerprint density at radius 2 is 1.84 bits per heavy atom. The zero-order valence-electron chi connectivity index (χ0n) is 23.2. The van der Waals surface area contributed by atoms with Crippen LogP contribution in [0.4, 0.5) is 4.79 Å². The molecule has 0 spiro atoms. The lowest BCUT2D eigenvalue weighted by Gasteiger charge is -2.35. The minimum absolute atomic E-state index is 0.182. The maximum Gasteiger partial charge on any atom is 0.408 e. The molecule has 3 amide bonds. The smallest absolute Gasteiger partial charge is 0.408 e. The van der Waals surface area contributed by atoms with Crippen molar-refractivity contribution in [1.29, 1.82) is 0 Å². The van der Waals surface area contributed by atoms with Gasteiger partial charge in [0.1, 0.15) is 24.2 Å². The quantitative estimate of drug-likeness (QED) is 0.417. The second-order valence-corrected chi connectivity index (χ2v) is 11.5. The number of hydrogen-bond acceptors (Lipinski definition) is 7. The highest BCUT2D eigenvalue weighted by Crippen LogP contribution is 2.41. The van der Waals surface area contributed by atoms with Crippen LogP contribution in [0, 0.1) is 19.8 Å². The van der Waals surface area contributed by atoms with Crippen LogP contribution in [0.25, 0.3) is 0 Å². The lowest BCUT2D eigenvalue weighted by atomic mass is 9.94. The first-order valence-corrected chi connectivity index (χ1v) is 13.9. The highest BCUT2D eigenvalue weighted by atomic mass is 32.2. The highest BCUT2D eigenvalue weighted by Gasteiger charge is 2.48. The van der Waals surface area contributed by atoms with Crippen LogP contribution >= 0.6 is 11.8 Å². The largest absolute Gasteiger partial charge is 0.468 e. The summed E-state index contributed by atoms with van der Waals surface area (Å²) in [5, 5.41) is 5.39. The summed E-state index contributed by atoms with van der Waals surface area (Å²) in [7, 11) is 1.25. The molecule has 1 aromatic rings. The number of methoxy groups -OCH3 is 1. The number of ether oxygens (including phenoxy) is 2. The number of aryl methyl sites for hydroxylation is 1. The monoisotopic (exact) mass is 535 g/mol. The maximum absolute atomic E-state index is 14.2. The summed E-state index contributed by atoms with van der Waals surface area (Å²) in [6, 6.07) is 3.58. The molecular formula is C27H41N3O6S. The van der Waals surface area contributed by atoms with Crippen molar-refractivity contribution in [2.24, 2.45) is 5.92 Å². The summed E-state index contributed by atoms with van der Waals surface area (Å²) >= 11 is 1.56. The van der Waals surface area contributed by atoms with Crippen molar-refractivity contribution in [1.82, 2.24) is 15.5 Å². The lowest BCUT2D eigenvalue weighted by Crippen LogP contribution is -2.54. The third-order valence-corrected chi connectivity index (χ3v) is 7.02. The average molecular weight is 536 g/mol. The van der Waals surface area contributed by atoms with Crippen LogP contribution in [0.5, 0.6) is 0 Å². The standard InChI is InChI=1S/C27H41N3O6S/c1-16-10-9-11-19(18(16)3)23(24(32)28-15-22(31)35-7)30(21-14-17(21)2)25(33)20(12-13-37-8)29-26(34)36-27(4,5)6/h9-11,17,20-21,23H,12-15H2,1-8H3,(H,28,32)(H,29,34). The highest BCUT2D eigenvalue weighted by molar-refractivity contribution is 7.98. The molecule has 4 unspecified atom stereocenters. The van der Waals surface area contributed by atoms with Gasteiger partial charge in [0.15, 0.2) is 0 Å². The van der Waals surface area contributed by atoms with Gasteiger partial charge in [-0.1, -0.05) is 25.1 Å². The molecule has 0 aromatic heterocycles. The number of carbonyl (C=O) groups excluding carboxylic acids is 4. The summed E-state index contributed by atoms with van der Waals surface area (Å²) < 4.78 is 10.1. The first-order chi connectivity index (χ1) is 17.3. The molecule has 1 saturated carbocycles. The number of nitrogens with one attached hydrogen (secondary N) is 2. The normalized spacial score (nSPS) is 18.3. The summed E-state index contributed by atoms with van der Waals surface area (Å²) in [6.45, 7) is 10.8. The average Bonchev–Trinajstić information content (AvgIpc) is 3.54. The second-order valence-electron chi connectivity index (χ2n) is 10.5. The Labute approximate surface area is 224 Å². The third-order valence-electron chi connectivity index (χ3n) is 6.38. The number of rotatable bonds is 11. The SMILES string of the molecule is COC(=O)CNC(=O)C(c1cccc(C)c1C)N(C(=O)C(CCSC)NC(=O)OC(C)(C)C)C1CC1C. The van der Waals surface area contributed by atoms with Gasteiger partial charge in [0.25, 0.3) is 0 Å². The van der Waals surface area contributed by atoms with E-state index in [2.05, 4.69) is 15.4 Å². The van der Waals surface area contributed by atoms with Crippen molar-refractivity contribution >= 4 is 35.6 Å². The van der Waals surface area contributed by atoms with Gasteiger partial charge in [-0.15, -0.1) is 0 Å². The molecule has 2 rings (SSSR count). The summed E-state index contributed by atoms with van der Waals surface area (Å²) in [4.78, 5) is 53.8. The van der Waals surface area contributed by atoms with Crippen LogP contribution in [0.2, 0.25) is 0 Å². The molecule has 1 aliphatic rings. The van der Waals surface area contributed by atoms with Crippen LogP contribution in [-0.4, -0.2) is 72.1 Å². The van der Waals surface area contributed by atoms with Crippen LogP contribution in [0.1, 0.15) is 63.3 Å². The van der Waals surface area contributed by atoms with Crippen LogP contribution < -0.4 is 10.6 Å². The lowest BCUT2D eigenvalue weighted by molar-refractivity contribution is -0.145. The van der Waals surface area contributed by atoms with Gasteiger partial charge in [0, 0.05) is 6.04 Å². The van der Waals surface area contributed by atoms with Crippen molar-refractivity contribution in [3.63, 3.8) is 0 Å². The number of benzene rings is 1. The van der Waals surface area contributed by atoms with Crippen molar-refractivity contribution in [2.75, 3.05) is 25.7 Å². The Kier molecular flexibility index (Phi) is 10.8. The minimum atomic E-state index is -0.982. The first-order valence-electron chi connectivity index (χ1n) is 12.5. The van der Waals surface area contributed by atoms with Gasteiger partial charge in [0.2, 0.25) is 11.8 Å². The molecule has 0 heterocycles. The molecule has 1 aromatic carbocycles. The fourth-order valence-electron chi connectivity index (χ4n) is 4.11. The molecule has 9 nitrogen and oxygen atoms in total. The van der Waals surface area contributed by atoms with Crippen LogP contribution in [0.3, 0.4) is 0 Å². The Morgan fingerprint density at radius 1 is 1.19 bits per heavy atom. The van der Waals surface area contributed by atoms with Gasteiger partial charge in [-0.2, -0.15) is 11.8 Å².